The van der Waals surface area contributed by atoms with E-state index >= 15 is 0 Å². The van der Waals surface area contributed by atoms with Gasteiger partial charge in [-0.2, -0.15) is 0 Å². The van der Waals surface area contributed by atoms with E-state index in [4.69, 9.17) is 0 Å². The Kier molecular flexibility index (Phi) is 6.39. The molecule has 0 atom stereocenters. The fourth-order valence-electron chi connectivity index (χ4n) is 3.22. The normalized spacial score (nSPS) is 29.4. The highest BCUT2D eigenvalue weighted by Crippen LogP contribution is 2.27. The van der Waals surface area contributed by atoms with Crippen molar-refractivity contribution in [3.63, 3.8) is 0 Å². The molecule has 1 nitrogen and oxygen atoms in total. The minimum Gasteiger partial charge on any atom is -0.295 e. The van der Waals surface area contributed by atoms with Crippen molar-refractivity contribution in [3.8, 4) is 0 Å². The molecule has 0 aromatic heterocycles. The van der Waals surface area contributed by atoms with Gasteiger partial charge < -0.3 is 0 Å². The minimum atomic E-state index is 0.359. The van der Waals surface area contributed by atoms with Gasteiger partial charge in [-0.05, 0) is 62.2 Å². The monoisotopic (exact) mass is 260 g/mol. The maximum atomic E-state index is 12.0. The lowest BCUT2D eigenvalue weighted by molar-refractivity contribution is -0.114. The zero-order valence-corrected chi connectivity index (χ0v) is 12.3. The Labute approximate surface area is 118 Å². The molecule has 0 spiro atoms. The van der Waals surface area contributed by atoms with Crippen molar-refractivity contribution in [2.24, 2.45) is 0 Å². The molecule has 0 aliphatic heterocycles. The zero-order valence-electron chi connectivity index (χ0n) is 12.3. The van der Waals surface area contributed by atoms with Crippen molar-refractivity contribution in [1.29, 1.82) is 0 Å². The molecule has 19 heavy (non-hydrogen) atoms. The van der Waals surface area contributed by atoms with Gasteiger partial charge in [-0.15, -0.1) is 0 Å². The van der Waals surface area contributed by atoms with Crippen molar-refractivity contribution >= 4 is 5.78 Å². The van der Waals surface area contributed by atoms with Gasteiger partial charge in [0.05, 0.1) is 0 Å². The van der Waals surface area contributed by atoms with E-state index in [0.29, 0.717) is 5.78 Å². The lowest BCUT2D eigenvalue weighted by Gasteiger charge is -2.11. The van der Waals surface area contributed by atoms with E-state index in [1.54, 1.807) is 0 Å². The molecule has 2 rings (SSSR count). The van der Waals surface area contributed by atoms with Gasteiger partial charge in [0.2, 0.25) is 0 Å². The van der Waals surface area contributed by atoms with Crippen molar-refractivity contribution < 1.29 is 4.79 Å². The largest absolute Gasteiger partial charge is 0.295 e. The Morgan fingerprint density at radius 2 is 1.21 bits per heavy atom. The standard InChI is InChI=1S/C18H28O/c19-18-14-10-6-5-9-13-17(15-18)16-11-7-3-1-2-4-8-12-16/h11,15H,1-10,12-14H2/b16-11+,17-15+. The number of ketones is 1. The molecule has 0 heterocycles. The van der Waals surface area contributed by atoms with Crippen LogP contribution in [0.5, 0.6) is 0 Å². The van der Waals surface area contributed by atoms with Gasteiger partial charge in [0, 0.05) is 6.42 Å². The van der Waals surface area contributed by atoms with Crippen LogP contribution in [0.4, 0.5) is 0 Å². The van der Waals surface area contributed by atoms with E-state index < -0.39 is 0 Å². The maximum absolute atomic E-state index is 12.0. The highest BCUT2D eigenvalue weighted by molar-refractivity contribution is 5.91. The third-order valence-electron chi connectivity index (χ3n) is 4.41. The second-order valence-corrected chi connectivity index (χ2v) is 6.09. The first-order valence-corrected chi connectivity index (χ1v) is 8.29. The quantitative estimate of drug-likeness (QED) is 0.608. The smallest absolute Gasteiger partial charge is 0.155 e. The van der Waals surface area contributed by atoms with Crippen molar-refractivity contribution in [2.75, 3.05) is 0 Å². The average molecular weight is 260 g/mol. The topological polar surface area (TPSA) is 17.1 Å². The summed E-state index contributed by atoms with van der Waals surface area (Å²) in [6, 6.07) is 0. The van der Waals surface area contributed by atoms with Gasteiger partial charge in [-0.25, -0.2) is 0 Å². The number of carbonyl (C=O) groups excluding carboxylic acids is 1. The summed E-state index contributed by atoms with van der Waals surface area (Å²) in [5, 5.41) is 0. The fourth-order valence-corrected chi connectivity index (χ4v) is 3.22. The van der Waals surface area contributed by atoms with Crippen LogP contribution < -0.4 is 0 Å². The Bertz CT molecular complexity index is 349. The molecule has 0 aromatic rings. The van der Waals surface area contributed by atoms with Crippen LogP contribution >= 0.6 is 0 Å². The highest BCUT2D eigenvalue weighted by Gasteiger charge is 2.11. The third-order valence-corrected chi connectivity index (χ3v) is 4.41. The van der Waals surface area contributed by atoms with E-state index in [0.717, 1.165) is 19.3 Å². The van der Waals surface area contributed by atoms with Crippen LogP contribution in [-0.2, 0) is 4.79 Å². The Morgan fingerprint density at radius 1 is 0.632 bits per heavy atom. The number of hydrogen-bond acceptors (Lipinski definition) is 1. The van der Waals surface area contributed by atoms with Crippen LogP contribution in [-0.4, -0.2) is 5.78 Å². The van der Waals surface area contributed by atoms with Crippen LogP contribution in [0.25, 0.3) is 0 Å². The SMILES string of the molecule is O=C1/C=C(/C2=C/CCCCCCC2)CCCCCC1. The van der Waals surface area contributed by atoms with Gasteiger partial charge in [0.15, 0.2) is 5.78 Å². The molecular formula is C18H28O. The molecule has 0 aromatic carbocycles. The Hall–Kier alpha value is -0.850. The van der Waals surface area contributed by atoms with E-state index in [2.05, 4.69) is 6.08 Å². The lowest BCUT2D eigenvalue weighted by Crippen LogP contribution is -1.97. The maximum Gasteiger partial charge on any atom is 0.155 e. The summed E-state index contributed by atoms with van der Waals surface area (Å²) in [7, 11) is 0. The summed E-state index contributed by atoms with van der Waals surface area (Å²) in [6.45, 7) is 0. The van der Waals surface area contributed by atoms with Crippen LogP contribution in [0.2, 0.25) is 0 Å². The van der Waals surface area contributed by atoms with Crippen LogP contribution in [0.15, 0.2) is 23.3 Å². The predicted molar refractivity (Wildman–Crippen MR) is 81.2 cm³/mol. The summed E-state index contributed by atoms with van der Waals surface area (Å²) in [6.07, 6.45) is 20.3. The van der Waals surface area contributed by atoms with Gasteiger partial charge in [-0.3, -0.25) is 4.79 Å². The first kappa shape index (κ1) is 14.6. The molecular weight excluding hydrogens is 232 g/mol. The molecule has 0 bridgehead atoms. The molecule has 0 fully saturated rings. The lowest BCUT2D eigenvalue weighted by atomic mass is 9.94. The first-order chi connectivity index (χ1) is 9.36. The van der Waals surface area contributed by atoms with Gasteiger partial charge in [0.25, 0.3) is 0 Å². The van der Waals surface area contributed by atoms with Crippen molar-refractivity contribution in [1.82, 2.24) is 0 Å². The molecule has 2 aliphatic rings. The number of hydrogen-bond donors (Lipinski definition) is 0. The summed E-state index contributed by atoms with van der Waals surface area (Å²) in [5.74, 6) is 0.359. The van der Waals surface area contributed by atoms with E-state index in [9.17, 15) is 4.79 Å². The molecule has 0 N–H and O–H groups in total. The van der Waals surface area contributed by atoms with Crippen molar-refractivity contribution in [2.45, 2.75) is 83.5 Å². The van der Waals surface area contributed by atoms with Gasteiger partial charge >= 0.3 is 0 Å². The second kappa shape index (κ2) is 8.35. The van der Waals surface area contributed by atoms with Gasteiger partial charge in [-0.1, -0.05) is 38.2 Å². The number of carbonyl (C=O) groups is 1. The van der Waals surface area contributed by atoms with Gasteiger partial charge in [0.1, 0.15) is 0 Å². The van der Waals surface area contributed by atoms with Crippen molar-refractivity contribution in [3.05, 3.63) is 23.3 Å². The molecule has 0 unspecified atom stereocenters. The molecule has 0 radical (unpaired) electrons. The van der Waals surface area contributed by atoms with Crippen LogP contribution in [0.3, 0.4) is 0 Å². The summed E-state index contributed by atoms with van der Waals surface area (Å²) in [4.78, 5) is 12.0. The summed E-state index contributed by atoms with van der Waals surface area (Å²) >= 11 is 0. The Balaban J connectivity index is 2.09. The highest BCUT2D eigenvalue weighted by atomic mass is 16.1. The molecule has 0 saturated carbocycles. The number of rotatable bonds is 1. The van der Waals surface area contributed by atoms with Crippen LogP contribution in [0, 0.1) is 0 Å². The predicted octanol–water partition coefficient (Wildman–Crippen LogP) is 5.51. The molecule has 0 amide bonds. The first-order valence-electron chi connectivity index (χ1n) is 8.29. The fraction of sp³-hybridized carbons (Fsp3) is 0.722. The zero-order chi connectivity index (χ0) is 13.3. The summed E-state index contributed by atoms with van der Waals surface area (Å²) in [5.41, 5.74) is 2.87. The van der Waals surface area contributed by atoms with E-state index in [1.165, 1.54) is 75.4 Å². The summed E-state index contributed by atoms with van der Waals surface area (Å²) < 4.78 is 0. The minimum absolute atomic E-state index is 0.359. The van der Waals surface area contributed by atoms with E-state index in [1.807, 2.05) is 6.08 Å². The van der Waals surface area contributed by atoms with E-state index in [-0.39, 0.29) is 0 Å². The Morgan fingerprint density at radius 3 is 2.00 bits per heavy atom. The average Bonchev–Trinajstić information content (AvgIpc) is 2.60. The molecule has 2 aliphatic carbocycles. The number of allylic oxidation sites excluding steroid dienone is 4. The third kappa shape index (κ3) is 5.34. The molecule has 0 saturated heterocycles. The molecule has 106 valence electrons. The second-order valence-electron chi connectivity index (χ2n) is 6.09. The molecule has 1 heteroatoms. The van der Waals surface area contributed by atoms with Crippen LogP contribution in [0.1, 0.15) is 83.5 Å².